The minimum atomic E-state index is -1.08. The lowest BCUT2D eigenvalue weighted by Gasteiger charge is -2.39. The molecule has 0 radical (unpaired) electrons. The molecule has 0 atom stereocenters. The number of hydrogen-bond acceptors (Lipinski definition) is 4. The van der Waals surface area contributed by atoms with Crippen LogP contribution in [0.5, 0.6) is 0 Å². The Bertz CT molecular complexity index is 598. The summed E-state index contributed by atoms with van der Waals surface area (Å²) in [6, 6.07) is 0. The number of carboxylic acid groups (broad SMARTS) is 3. The molecule has 0 bridgehead atoms. The maximum Gasteiger partial charge on any atom is 0.303 e. The van der Waals surface area contributed by atoms with Crippen molar-refractivity contribution < 1.29 is 34.2 Å². The molecule has 0 aromatic rings. The number of carboxylic acids is 3. The Morgan fingerprint density at radius 3 is 1.31 bits per heavy atom. The third-order valence-electron chi connectivity index (χ3n) is 7.70. The van der Waals surface area contributed by atoms with Crippen LogP contribution in [0.15, 0.2) is 12.2 Å². The van der Waals surface area contributed by atoms with Crippen LogP contribution in [0.4, 0.5) is 0 Å². The molecule has 0 saturated heterocycles. The van der Waals surface area contributed by atoms with E-state index in [1.165, 1.54) is 83.5 Å². The first-order valence-electron chi connectivity index (χ1n) is 15.9. The lowest BCUT2D eigenvalue weighted by Crippen LogP contribution is -2.51. The van der Waals surface area contributed by atoms with E-state index in [9.17, 15) is 19.5 Å². The van der Waals surface area contributed by atoms with Gasteiger partial charge < -0.3 is 24.6 Å². The number of aliphatic carboxylic acids is 3. The van der Waals surface area contributed by atoms with E-state index in [1.54, 1.807) is 0 Å². The van der Waals surface area contributed by atoms with Crippen molar-refractivity contribution in [1.82, 2.24) is 0 Å². The minimum absolute atomic E-state index is 0.0217. The SMILES string of the molecule is CCCCCCCCC/C=C/CCCCCCCCC[N+](CCCC(=O)[O-])(CCCC(=O)O)CCCC(=O)O. The number of unbranched alkanes of at least 4 members (excludes halogenated alkanes) is 14. The van der Waals surface area contributed by atoms with Crippen molar-refractivity contribution in [2.75, 3.05) is 26.2 Å². The van der Waals surface area contributed by atoms with Crippen LogP contribution in [-0.4, -0.2) is 58.8 Å². The smallest absolute Gasteiger partial charge is 0.303 e. The quantitative estimate of drug-likeness (QED) is 0.0569. The Balaban J connectivity index is 4.20. The van der Waals surface area contributed by atoms with Crippen LogP contribution in [-0.2, 0) is 14.4 Å². The zero-order chi connectivity index (χ0) is 29.0. The number of hydrogen-bond donors (Lipinski definition) is 2. The number of nitrogens with zero attached hydrogens (tertiary/aromatic N) is 1. The molecule has 0 aromatic carbocycles. The normalized spacial score (nSPS) is 11.8. The Morgan fingerprint density at radius 1 is 0.538 bits per heavy atom. The molecule has 39 heavy (non-hydrogen) atoms. The first kappa shape index (κ1) is 37.1. The van der Waals surface area contributed by atoms with Gasteiger partial charge in [-0.3, -0.25) is 9.59 Å². The van der Waals surface area contributed by atoms with Crippen LogP contribution in [0, 0.1) is 0 Å². The second-order valence-corrected chi connectivity index (χ2v) is 11.4. The van der Waals surface area contributed by atoms with Crippen molar-refractivity contribution in [2.45, 2.75) is 148 Å². The molecule has 0 saturated carbocycles. The Labute approximate surface area is 238 Å². The lowest BCUT2D eigenvalue weighted by atomic mass is 10.1. The third-order valence-corrected chi connectivity index (χ3v) is 7.70. The molecular formula is C32H59NO6. The van der Waals surface area contributed by atoms with Gasteiger partial charge in [-0.2, -0.15) is 0 Å². The van der Waals surface area contributed by atoms with Crippen LogP contribution in [0.3, 0.4) is 0 Å². The first-order chi connectivity index (χ1) is 18.8. The number of carbonyl (C=O) groups is 3. The van der Waals surface area contributed by atoms with Crippen LogP contribution in [0.25, 0.3) is 0 Å². The van der Waals surface area contributed by atoms with Gasteiger partial charge in [0, 0.05) is 25.2 Å². The zero-order valence-electron chi connectivity index (χ0n) is 25.0. The Hall–Kier alpha value is -1.89. The van der Waals surface area contributed by atoms with E-state index in [4.69, 9.17) is 10.2 Å². The summed E-state index contributed by atoms with van der Waals surface area (Å²) in [7, 11) is 0. The maximum absolute atomic E-state index is 11.1. The summed E-state index contributed by atoms with van der Waals surface area (Å²) in [6.07, 6.45) is 26.5. The third kappa shape index (κ3) is 26.1. The van der Waals surface area contributed by atoms with Gasteiger partial charge in [0.25, 0.3) is 0 Å². The number of rotatable bonds is 30. The summed E-state index contributed by atoms with van der Waals surface area (Å²) in [4.78, 5) is 33.1. The van der Waals surface area contributed by atoms with Crippen LogP contribution in [0.2, 0.25) is 0 Å². The lowest BCUT2D eigenvalue weighted by molar-refractivity contribution is -0.929. The summed E-state index contributed by atoms with van der Waals surface area (Å²) in [5.74, 6) is -2.75. The highest BCUT2D eigenvalue weighted by Crippen LogP contribution is 2.18. The summed E-state index contributed by atoms with van der Waals surface area (Å²) in [5.41, 5.74) is 0. The van der Waals surface area contributed by atoms with Gasteiger partial charge in [0.05, 0.1) is 39.0 Å². The summed E-state index contributed by atoms with van der Waals surface area (Å²) < 4.78 is 0.610. The van der Waals surface area contributed by atoms with Gasteiger partial charge in [-0.15, -0.1) is 0 Å². The minimum Gasteiger partial charge on any atom is -0.550 e. The molecule has 0 rings (SSSR count). The summed E-state index contributed by atoms with van der Waals surface area (Å²) >= 11 is 0. The average molecular weight is 554 g/mol. The molecule has 0 aromatic heterocycles. The first-order valence-corrected chi connectivity index (χ1v) is 15.9. The van der Waals surface area contributed by atoms with E-state index in [0.29, 0.717) is 43.4 Å². The zero-order valence-corrected chi connectivity index (χ0v) is 25.0. The molecule has 0 fully saturated rings. The fourth-order valence-electron chi connectivity index (χ4n) is 5.41. The Kier molecular flexibility index (Phi) is 25.1. The molecule has 7 heteroatoms. The standard InChI is InChI=1S/C32H59NO6/c1-2-3-4-5-6-7-8-9-10-11-12-13-14-15-16-17-18-19-26-33(27-20-23-30(34)35,28-21-24-31(36)37)29-22-25-32(38)39/h10-11H,2-9,12-29H2,1H3,(H2-,34,35,36,37,38,39)/b11-10+. The highest BCUT2D eigenvalue weighted by molar-refractivity contribution is 5.66. The second-order valence-electron chi connectivity index (χ2n) is 11.4. The van der Waals surface area contributed by atoms with Gasteiger partial charge >= 0.3 is 11.9 Å². The molecular weight excluding hydrogens is 494 g/mol. The molecule has 0 spiro atoms. The van der Waals surface area contributed by atoms with Crippen molar-refractivity contribution in [2.24, 2.45) is 0 Å². The molecule has 7 nitrogen and oxygen atoms in total. The van der Waals surface area contributed by atoms with Crippen LogP contribution >= 0.6 is 0 Å². The summed E-state index contributed by atoms with van der Waals surface area (Å²) in [5, 5.41) is 29.1. The van der Waals surface area contributed by atoms with Crippen molar-refractivity contribution >= 4 is 17.9 Å². The van der Waals surface area contributed by atoms with E-state index in [2.05, 4.69) is 19.1 Å². The molecule has 0 aliphatic rings. The predicted octanol–water partition coefficient (Wildman–Crippen LogP) is 6.88. The molecule has 2 N–H and O–H groups in total. The molecule has 228 valence electrons. The van der Waals surface area contributed by atoms with Gasteiger partial charge in [-0.1, -0.05) is 83.3 Å². The van der Waals surface area contributed by atoms with Gasteiger partial charge in [0.15, 0.2) is 0 Å². The number of allylic oxidation sites excluding steroid dienone is 2. The van der Waals surface area contributed by atoms with E-state index in [0.717, 1.165) is 25.8 Å². The van der Waals surface area contributed by atoms with Crippen LogP contribution < -0.4 is 5.11 Å². The Morgan fingerprint density at radius 2 is 0.897 bits per heavy atom. The van der Waals surface area contributed by atoms with Crippen molar-refractivity contribution in [3.8, 4) is 0 Å². The van der Waals surface area contributed by atoms with Crippen molar-refractivity contribution in [1.29, 1.82) is 0 Å². The maximum atomic E-state index is 11.1. The monoisotopic (exact) mass is 553 g/mol. The van der Waals surface area contributed by atoms with E-state index in [-0.39, 0.29) is 19.3 Å². The molecule has 0 unspecified atom stereocenters. The van der Waals surface area contributed by atoms with Crippen LogP contribution in [0.1, 0.15) is 148 Å². The average Bonchev–Trinajstić information content (AvgIpc) is 2.87. The van der Waals surface area contributed by atoms with E-state index >= 15 is 0 Å². The topological polar surface area (TPSA) is 115 Å². The highest BCUT2D eigenvalue weighted by Gasteiger charge is 2.26. The molecule has 0 aliphatic carbocycles. The largest absolute Gasteiger partial charge is 0.550 e. The number of quaternary nitrogens is 1. The molecule has 0 heterocycles. The predicted molar refractivity (Wildman–Crippen MR) is 156 cm³/mol. The summed E-state index contributed by atoms with van der Waals surface area (Å²) in [6.45, 7) is 5.02. The van der Waals surface area contributed by atoms with Gasteiger partial charge in [-0.05, 0) is 44.9 Å². The second kappa shape index (κ2) is 26.3. The van der Waals surface area contributed by atoms with E-state index in [1.807, 2.05) is 0 Å². The van der Waals surface area contributed by atoms with Crippen molar-refractivity contribution in [3.63, 3.8) is 0 Å². The molecule has 0 amide bonds. The number of carbonyl (C=O) groups excluding carboxylic acids is 1. The van der Waals surface area contributed by atoms with Crippen molar-refractivity contribution in [3.05, 3.63) is 12.2 Å². The highest BCUT2D eigenvalue weighted by atomic mass is 16.4. The van der Waals surface area contributed by atoms with E-state index < -0.39 is 17.9 Å². The fraction of sp³-hybridized carbons (Fsp3) is 0.844. The van der Waals surface area contributed by atoms with Gasteiger partial charge in [-0.25, -0.2) is 0 Å². The fourth-order valence-corrected chi connectivity index (χ4v) is 5.41. The van der Waals surface area contributed by atoms with Gasteiger partial charge in [0.1, 0.15) is 0 Å². The molecule has 0 aliphatic heterocycles. The van der Waals surface area contributed by atoms with Gasteiger partial charge in [0.2, 0.25) is 0 Å².